The lowest BCUT2D eigenvalue weighted by atomic mass is 10.0. The molecule has 0 aliphatic rings. The zero-order chi connectivity index (χ0) is 10.7. The van der Waals surface area contributed by atoms with E-state index < -0.39 is 0 Å². The van der Waals surface area contributed by atoms with Crippen molar-refractivity contribution >= 4 is 10.8 Å². The van der Waals surface area contributed by atoms with Crippen LogP contribution in [0.15, 0.2) is 30.5 Å². The van der Waals surface area contributed by atoms with Crippen LogP contribution >= 0.6 is 0 Å². The Balaban J connectivity index is 2.51. The van der Waals surface area contributed by atoms with E-state index in [4.69, 9.17) is 5.73 Å². The number of nitrogens with two attached hydrogens (primary N) is 1. The summed E-state index contributed by atoms with van der Waals surface area (Å²) in [7, 11) is 0. The maximum atomic E-state index is 5.52. The first-order valence-electron chi connectivity index (χ1n) is 5.36. The van der Waals surface area contributed by atoms with Crippen LogP contribution in [0.25, 0.3) is 10.8 Å². The lowest BCUT2D eigenvalue weighted by Crippen LogP contribution is -2.02. The van der Waals surface area contributed by atoms with Gasteiger partial charge in [-0.1, -0.05) is 18.2 Å². The van der Waals surface area contributed by atoms with Gasteiger partial charge in [-0.15, -0.1) is 0 Å². The average Bonchev–Trinajstić information content (AvgIpc) is 2.27. The third-order valence-electron chi connectivity index (χ3n) is 2.72. The van der Waals surface area contributed by atoms with Gasteiger partial charge in [0.1, 0.15) is 0 Å². The van der Waals surface area contributed by atoms with Crippen molar-refractivity contribution in [3.05, 3.63) is 41.7 Å². The van der Waals surface area contributed by atoms with E-state index in [1.54, 1.807) is 0 Å². The third kappa shape index (κ3) is 2.00. The molecule has 2 aromatic rings. The van der Waals surface area contributed by atoms with Crippen LogP contribution in [-0.2, 0) is 6.42 Å². The molecule has 0 atom stereocenters. The molecule has 2 heteroatoms. The Morgan fingerprint density at radius 2 is 2.07 bits per heavy atom. The van der Waals surface area contributed by atoms with E-state index in [2.05, 4.69) is 36.2 Å². The molecular formula is C13H16N2. The van der Waals surface area contributed by atoms with E-state index in [1.807, 2.05) is 6.20 Å². The molecule has 0 saturated heterocycles. The molecule has 0 fully saturated rings. The van der Waals surface area contributed by atoms with Crippen LogP contribution in [0, 0.1) is 6.92 Å². The number of rotatable bonds is 3. The number of pyridine rings is 1. The number of benzene rings is 1. The highest BCUT2D eigenvalue weighted by molar-refractivity contribution is 5.87. The predicted molar refractivity (Wildman–Crippen MR) is 63.9 cm³/mol. The van der Waals surface area contributed by atoms with Gasteiger partial charge in [0, 0.05) is 17.3 Å². The standard InChI is InChI=1S/C13H16N2/c1-10-4-2-5-12-11(10)7-9-15-13(12)6-3-8-14/h2,4-5,7,9H,3,6,8,14H2,1H3. The van der Waals surface area contributed by atoms with Gasteiger partial charge in [-0.25, -0.2) is 0 Å². The first-order valence-corrected chi connectivity index (χ1v) is 5.36. The molecule has 0 bridgehead atoms. The highest BCUT2D eigenvalue weighted by Crippen LogP contribution is 2.20. The molecule has 0 aliphatic heterocycles. The summed E-state index contributed by atoms with van der Waals surface area (Å²) in [4.78, 5) is 4.43. The van der Waals surface area contributed by atoms with Crippen LogP contribution in [0.5, 0.6) is 0 Å². The topological polar surface area (TPSA) is 38.9 Å². The van der Waals surface area contributed by atoms with Crippen molar-refractivity contribution in [1.29, 1.82) is 0 Å². The van der Waals surface area contributed by atoms with E-state index in [9.17, 15) is 0 Å². The van der Waals surface area contributed by atoms with E-state index in [1.165, 1.54) is 22.0 Å². The molecule has 1 aromatic heterocycles. The molecule has 2 N–H and O–H groups in total. The van der Waals surface area contributed by atoms with Crippen LogP contribution < -0.4 is 5.73 Å². The number of aryl methyl sites for hydroxylation is 2. The minimum Gasteiger partial charge on any atom is -0.330 e. The Kier molecular flexibility index (Phi) is 2.97. The zero-order valence-electron chi connectivity index (χ0n) is 9.03. The van der Waals surface area contributed by atoms with Crippen molar-refractivity contribution in [2.24, 2.45) is 5.73 Å². The van der Waals surface area contributed by atoms with Gasteiger partial charge in [0.2, 0.25) is 0 Å². The first-order chi connectivity index (χ1) is 7.33. The Labute approximate surface area is 90.1 Å². The summed E-state index contributed by atoms with van der Waals surface area (Å²) >= 11 is 0. The summed E-state index contributed by atoms with van der Waals surface area (Å²) in [5, 5.41) is 2.57. The monoisotopic (exact) mass is 200 g/mol. The molecule has 0 spiro atoms. The van der Waals surface area contributed by atoms with Crippen LogP contribution in [0.4, 0.5) is 0 Å². The minimum absolute atomic E-state index is 0.726. The quantitative estimate of drug-likeness (QED) is 0.826. The fourth-order valence-electron chi connectivity index (χ4n) is 1.89. The summed E-state index contributed by atoms with van der Waals surface area (Å²) in [5.74, 6) is 0. The van der Waals surface area contributed by atoms with Gasteiger partial charge in [-0.2, -0.15) is 0 Å². The maximum absolute atomic E-state index is 5.52. The fraction of sp³-hybridized carbons (Fsp3) is 0.308. The molecule has 0 amide bonds. The molecule has 1 heterocycles. The summed E-state index contributed by atoms with van der Waals surface area (Å²) < 4.78 is 0. The van der Waals surface area contributed by atoms with Gasteiger partial charge in [-0.3, -0.25) is 4.98 Å². The number of aromatic nitrogens is 1. The second kappa shape index (κ2) is 4.41. The lowest BCUT2D eigenvalue weighted by Gasteiger charge is -2.06. The molecule has 0 radical (unpaired) electrons. The molecule has 0 aliphatic carbocycles. The van der Waals surface area contributed by atoms with Crippen molar-refractivity contribution in [2.75, 3.05) is 6.54 Å². The molecule has 15 heavy (non-hydrogen) atoms. The van der Waals surface area contributed by atoms with Crippen molar-refractivity contribution in [3.8, 4) is 0 Å². The minimum atomic E-state index is 0.726. The molecule has 0 unspecified atom stereocenters. The summed E-state index contributed by atoms with van der Waals surface area (Å²) in [6.07, 6.45) is 3.86. The van der Waals surface area contributed by atoms with Crippen LogP contribution in [0.1, 0.15) is 17.7 Å². The Morgan fingerprint density at radius 1 is 1.20 bits per heavy atom. The average molecular weight is 200 g/mol. The SMILES string of the molecule is Cc1cccc2c(CCCN)nccc12. The van der Waals surface area contributed by atoms with Crippen molar-refractivity contribution in [3.63, 3.8) is 0 Å². The Morgan fingerprint density at radius 3 is 2.87 bits per heavy atom. The second-order valence-corrected chi connectivity index (χ2v) is 3.82. The van der Waals surface area contributed by atoms with Crippen molar-refractivity contribution in [1.82, 2.24) is 4.98 Å². The van der Waals surface area contributed by atoms with Gasteiger partial charge in [0.05, 0.1) is 0 Å². The van der Waals surface area contributed by atoms with E-state index in [0.717, 1.165) is 19.4 Å². The molecule has 0 saturated carbocycles. The predicted octanol–water partition coefficient (Wildman–Crippen LogP) is 2.43. The highest BCUT2D eigenvalue weighted by atomic mass is 14.7. The molecule has 2 rings (SSSR count). The molecular weight excluding hydrogens is 184 g/mol. The normalized spacial score (nSPS) is 10.8. The Bertz CT molecular complexity index is 463. The zero-order valence-corrected chi connectivity index (χ0v) is 9.03. The van der Waals surface area contributed by atoms with Crippen LogP contribution in [-0.4, -0.2) is 11.5 Å². The van der Waals surface area contributed by atoms with E-state index in [-0.39, 0.29) is 0 Å². The number of nitrogens with zero attached hydrogens (tertiary/aromatic N) is 1. The van der Waals surface area contributed by atoms with Crippen LogP contribution in [0.2, 0.25) is 0 Å². The van der Waals surface area contributed by atoms with Gasteiger partial charge in [0.15, 0.2) is 0 Å². The largest absolute Gasteiger partial charge is 0.330 e. The van der Waals surface area contributed by atoms with E-state index in [0.29, 0.717) is 0 Å². The molecule has 2 nitrogen and oxygen atoms in total. The smallest absolute Gasteiger partial charge is 0.0482 e. The highest BCUT2D eigenvalue weighted by Gasteiger charge is 2.02. The van der Waals surface area contributed by atoms with Crippen LogP contribution in [0.3, 0.4) is 0 Å². The summed E-state index contributed by atoms with van der Waals surface area (Å²) in [6.45, 7) is 2.86. The number of hydrogen-bond acceptors (Lipinski definition) is 2. The molecule has 1 aromatic carbocycles. The van der Waals surface area contributed by atoms with Gasteiger partial charge < -0.3 is 5.73 Å². The second-order valence-electron chi connectivity index (χ2n) is 3.82. The number of hydrogen-bond donors (Lipinski definition) is 1. The van der Waals surface area contributed by atoms with Gasteiger partial charge in [-0.05, 0) is 43.3 Å². The first kappa shape index (κ1) is 10.1. The summed E-state index contributed by atoms with van der Waals surface area (Å²) in [6, 6.07) is 8.44. The Hall–Kier alpha value is -1.41. The van der Waals surface area contributed by atoms with Gasteiger partial charge >= 0.3 is 0 Å². The van der Waals surface area contributed by atoms with E-state index >= 15 is 0 Å². The molecule has 78 valence electrons. The van der Waals surface area contributed by atoms with Crippen molar-refractivity contribution in [2.45, 2.75) is 19.8 Å². The summed E-state index contributed by atoms with van der Waals surface area (Å²) in [5.41, 5.74) is 8.00. The van der Waals surface area contributed by atoms with Gasteiger partial charge in [0.25, 0.3) is 0 Å². The fourth-order valence-corrected chi connectivity index (χ4v) is 1.89. The van der Waals surface area contributed by atoms with Crippen molar-refractivity contribution < 1.29 is 0 Å². The number of fused-ring (bicyclic) bond motifs is 1. The third-order valence-corrected chi connectivity index (χ3v) is 2.72. The lowest BCUT2D eigenvalue weighted by molar-refractivity contribution is 0.817. The maximum Gasteiger partial charge on any atom is 0.0482 e.